The van der Waals surface area contributed by atoms with Crippen molar-refractivity contribution in [2.75, 3.05) is 28.2 Å². The first-order chi connectivity index (χ1) is 7.48. The molecule has 2 rings (SSSR count). The third kappa shape index (κ3) is 1.61. The van der Waals surface area contributed by atoms with E-state index in [1.165, 1.54) is 5.30 Å². The number of fused-ring (bicyclic) bond motifs is 1. The summed E-state index contributed by atoms with van der Waals surface area (Å²) < 4.78 is 2.28. The summed E-state index contributed by atoms with van der Waals surface area (Å²) in [5, 5.41) is 1.34. The molecule has 0 aliphatic carbocycles. The molecular formula is C11H16N3PSe. The number of para-hydroxylation sites is 1. The summed E-state index contributed by atoms with van der Waals surface area (Å²) in [4.78, 5) is 6.86. The predicted molar refractivity (Wildman–Crippen MR) is 73.2 cm³/mol. The van der Waals surface area contributed by atoms with Crippen molar-refractivity contribution in [2.24, 2.45) is 4.99 Å². The second-order valence-corrected chi connectivity index (χ2v) is 10.4. The normalized spacial score (nSPS) is 23.2. The quantitative estimate of drug-likeness (QED) is 0.577. The molecule has 5 heteroatoms. The minimum absolute atomic E-state index is 1.10. The summed E-state index contributed by atoms with van der Waals surface area (Å²) in [6.07, 6.45) is 0. The van der Waals surface area contributed by atoms with Gasteiger partial charge in [-0.3, -0.25) is 0 Å². The summed E-state index contributed by atoms with van der Waals surface area (Å²) in [5.74, 6) is 0. The van der Waals surface area contributed by atoms with Crippen molar-refractivity contribution in [3.05, 3.63) is 24.3 Å². The monoisotopic (exact) mass is 301 g/mol. The van der Waals surface area contributed by atoms with Crippen LogP contribution in [0.5, 0.6) is 0 Å². The third-order valence-corrected chi connectivity index (χ3v) is 10.2. The van der Waals surface area contributed by atoms with Crippen LogP contribution in [0.2, 0.25) is 0 Å². The summed E-state index contributed by atoms with van der Waals surface area (Å²) in [6.45, 7) is 0. The van der Waals surface area contributed by atoms with Crippen LogP contribution in [0, 0.1) is 0 Å². The first kappa shape index (κ1) is 12.1. The van der Waals surface area contributed by atoms with Gasteiger partial charge < -0.3 is 0 Å². The van der Waals surface area contributed by atoms with E-state index in [1.807, 2.05) is 6.07 Å². The Morgan fingerprint density at radius 3 is 2.31 bits per heavy atom. The van der Waals surface area contributed by atoms with Crippen LogP contribution >= 0.6 is 5.66 Å². The van der Waals surface area contributed by atoms with Crippen molar-refractivity contribution >= 4 is 37.3 Å². The number of hydrogen-bond acceptors (Lipinski definition) is 3. The van der Waals surface area contributed by atoms with Crippen molar-refractivity contribution in [1.29, 1.82) is 0 Å². The minimum atomic E-state index is -1.56. The maximum absolute atomic E-state index is 4.74. The number of rotatable bonds is 1. The summed E-state index contributed by atoms with van der Waals surface area (Å²) in [5.41, 5.74) is 0.691. The fourth-order valence-corrected chi connectivity index (χ4v) is 6.63. The van der Waals surface area contributed by atoms with Gasteiger partial charge in [0.1, 0.15) is 0 Å². The maximum atomic E-state index is 4.74. The zero-order chi connectivity index (χ0) is 11.9. The molecule has 0 saturated carbocycles. The standard InChI is InChI=1S/C11H16N3PSe/c1-13(2)11-12-9-7-5-6-8-10(9)15(11,16)14(3)4/h5-8H,1-4H3. The van der Waals surface area contributed by atoms with Crippen molar-refractivity contribution in [3.63, 3.8) is 0 Å². The number of hydrogen-bond donors (Lipinski definition) is 0. The first-order valence-electron chi connectivity index (χ1n) is 5.12. The van der Waals surface area contributed by atoms with Crippen LogP contribution in [-0.2, 0) is 0 Å². The number of aliphatic imine (C=N–C) groups is 1. The van der Waals surface area contributed by atoms with E-state index in [1.54, 1.807) is 0 Å². The molecule has 0 radical (unpaired) electrons. The van der Waals surface area contributed by atoms with Crippen LogP contribution in [0.25, 0.3) is 0 Å². The van der Waals surface area contributed by atoms with E-state index in [0.29, 0.717) is 0 Å². The Morgan fingerprint density at radius 2 is 1.75 bits per heavy atom. The van der Waals surface area contributed by atoms with Crippen LogP contribution in [0.4, 0.5) is 5.69 Å². The number of nitrogens with zero attached hydrogens (tertiary/aromatic N) is 3. The molecule has 0 bridgehead atoms. The topological polar surface area (TPSA) is 18.8 Å². The second kappa shape index (κ2) is 4.12. The van der Waals surface area contributed by atoms with Crippen LogP contribution in [-0.4, -0.2) is 58.4 Å². The summed E-state index contributed by atoms with van der Waals surface area (Å²) in [6, 6.07) is 8.39. The third-order valence-electron chi connectivity index (χ3n) is 2.66. The van der Waals surface area contributed by atoms with E-state index in [4.69, 9.17) is 4.99 Å². The van der Waals surface area contributed by atoms with Crippen LogP contribution < -0.4 is 5.30 Å². The second-order valence-electron chi connectivity index (χ2n) is 4.22. The molecule has 1 aliphatic rings. The SMILES string of the molecule is CN(C)C1=Nc2ccccc2P1(=[Se])N(C)C. The molecule has 1 heterocycles. The van der Waals surface area contributed by atoms with Crippen molar-refractivity contribution in [1.82, 2.24) is 9.57 Å². The van der Waals surface area contributed by atoms with Gasteiger partial charge in [-0.15, -0.1) is 0 Å². The van der Waals surface area contributed by atoms with Gasteiger partial charge in [-0.2, -0.15) is 0 Å². The van der Waals surface area contributed by atoms with E-state index >= 15 is 0 Å². The molecule has 0 amide bonds. The Hall–Kier alpha value is -0.401. The van der Waals surface area contributed by atoms with Crippen LogP contribution in [0.15, 0.2) is 29.3 Å². The van der Waals surface area contributed by atoms with E-state index < -0.39 is 5.66 Å². The van der Waals surface area contributed by atoms with E-state index in [9.17, 15) is 0 Å². The van der Waals surface area contributed by atoms with Gasteiger partial charge in [0.2, 0.25) is 0 Å². The van der Waals surface area contributed by atoms with Crippen LogP contribution in [0.3, 0.4) is 0 Å². The molecule has 0 saturated heterocycles. The van der Waals surface area contributed by atoms with Gasteiger partial charge in [-0.25, -0.2) is 0 Å². The van der Waals surface area contributed by atoms with Crippen molar-refractivity contribution in [2.45, 2.75) is 0 Å². The Balaban J connectivity index is 2.66. The van der Waals surface area contributed by atoms with E-state index in [-0.39, 0.29) is 0 Å². The molecule has 0 N–H and O–H groups in total. The Morgan fingerprint density at radius 1 is 1.12 bits per heavy atom. The fraction of sp³-hybridized carbons (Fsp3) is 0.364. The molecule has 16 heavy (non-hydrogen) atoms. The molecule has 1 atom stereocenters. The van der Waals surface area contributed by atoms with Crippen molar-refractivity contribution in [3.8, 4) is 0 Å². The Labute approximate surface area is 104 Å². The molecule has 1 aliphatic heterocycles. The fourth-order valence-electron chi connectivity index (χ4n) is 1.86. The van der Waals surface area contributed by atoms with Gasteiger partial charge in [0.25, 0.3) is 0 Å². The van der Waals surface area contributed by atoms with E-state index in [0.717, 1.165) is 11.3 Å². The zero-order valence-corrected chi connectivity index (χ0v) is 12.6. The van der Waals surface area contributed by atoms with Crippen molar-refractivity contribution < 1.29 is 0 Å². The molecule has 0 aromatic heterocycles. The number of amidine groups is 1. The van der Waals surface area contributed by atoms with Gasteiger partial charge in [0, 0.05) is 0 Å². The average Bonchev–Trinajstić information content (AvgIpc) is 2.54. The molecule has 0 spiro atoms. The van der Waals surface area contributed by atoms with E-state index in [2.05, 4.69) is 71.1 Å². The Bertz CT molecular complexity index is 494. The summed E-state index contributed by atoms with van der Waals surface area (Å²) >= 11 is 3.40. The average molecular weight is 300 g/mol. The van der Waals surface area contributed by atoms with Gasteiger partial charge in [0.15, 0.2) is 0 Å². The van der Waals surface area contributed by atoms with Crippen LogP contribution in [0.1, 0.15) is 0 Å². The predicted octanol–water partition coefficient (Wildman–Crippen LogP) is 1.45. The summed E-state index contributed by atoms with van der Waals surface area (Å²) in [7, 11) is 8.34. The molecule has 1 aromatic carbocycles. The first-order valence-corrected chi connectivity index (χ1v) is 9.07. The Kier molecular flexibility index (Phi) is 3.11. The molecule has 1 unspecified atom stereocenters. The van der Waals surface area contributed by atoms with Gasteiger partial charge in [-0.05, 0) is 0 Å². The molecule has 86 valence electrons. The van der Waals surface area contributed by atoms with Gasteiger partial charge in [-0.1, -0.05) is 0 Å². The van der Waals surface area contributed by atoms with Gasteiger partial charge >= 0.3 is 104 Å². The molecule has 3 nitrogen and oxygen atoms in total. The molecular weight excluding hydrogens is 284 g/mol. The zero-order valence-electron chi connectivity index (χ0n) is 10.0. The van der Waals surface area contributed by atoms with Gasteiger partial charge in [0.05, 0.1) is 0 Å². The molecule has 0 fully saturated rings. The number of benzene rings is 1. The molecule has 1 aromatic rings.